The van der Waals surface area contributed by atoms with Crippen molar-refractivity contribution in [2.45, 2.75) is 6.92 Å². The molecule has 2 amide bonds. The van der Waals surface area contributed by atoms with Gasteiger partial charge in [0.25, 0.3) is 5.91 Å². The van der Waals surface area contributed by atoms with Crippen molar-refractivity contribution in [3.05, 3.63) is 30.1 Å². The highest BCUT2D eigenvalue weighted by Gasteiger charge is 2.31. The van der Waals surface area contributed by atoms with E-state index in [0.717, 1.165) is 0 Å². The average molecular weight is 271 g/mol. The molecular formula is C13H13N5O2. The van der Waals surface area contributed by atoms with Crippen LogP contribution in [0.4, 0.5) is 0 Å². The van der Waals surface area contributed by atoms with E-state index in [0.29, 0.717) is 17.6 Å². The number of benzene rings is 1. The van der Waals surface area contributed by atoms with E-state index in [-0.39, 0.29) is 30.9 Å². The number of carbonyl (C=O) groups excluding carboxylic acids is 2. The highest BCUT2D eigenvalue weighted by molar-refractivity contribution is 5.96. The van der Waals surface area contributed by atoms with Crippen molar-refractivity contribution < 1.29 is 9.59 Å². The molecule has 1 aromatic carbocycles. The van der Waals surface area contributed by atoms with Gasteiger partial charge >= 0.3 is 0 Å². The molecule has 7 nitrogen and oxygen atoms in total. The number of rotatable bonds is 2. The molecule has 1 aliphatic rings. The molecule has 1 saturated heterocycles. The lowest BCUT2D eigenvalue weighted by molar-refractivity contribution is -0.126. The lowest BCUT2D eigenvalue weighted by Crippen LogP contribution is -2.32. The largest absolute Gasteiger partial charge is 0.324 e. The lowest BCUT2D eigenvalue weighted by Gasteiger charge is -2.15. The van der Waals surface area contributed by atoms with Crippen molar-refractivity contribution in [2.24, 2.45) is 0 Å². The van der Waals surface area contributed by atoms with Gasteiger partial charge in [-0.25, -0.2) is 4.98 Å². The van der Waals surface area contributed by atoms with Crippen molar-refractivity contribution >= 4 is 22.8 Å². The van der Waals surface area contributed by atoms with Gasteiger partial charge in [-0.1, -0.05) is 12.1 Å². The minimum atomic E-state index is -0.368. The molecule has 0 aliphatic carbocycles. The maximum Gasteiger partial charge on any atom is 0.295 e. The summed E-state index contributed by atoms with van der Waals surface area (Å²) in [6.45, 7) is 2.81. The number of hydrogen-bond donors (Lipinski definition) is 0. The van der Waals surface area contributed by atoms with E-state index in [2.05, 4.69) is 15.2 Å². The summed E-state index contributed by atoms with van der Waals surface area (Å²) in [5, 5.41) is 7.82. The van der Waals surface area contributed by atoms with Crippen LogP contribution >= 0.6 is 0 Å². The van der Waals surface area contributed by atoms with Crippen molar-refractivity contribution in [3.63, 3.8) is 0 Å². The van der Waals surface area contributed by atoms with Crippen LogP contribution in [0.5, 0.6) is 0 Å². The van der Waals surface area contributed by atoms with Crippen LogP contribution in [-0.4, -0.2) is 56.6 Å². The van der Waals surface area contributed by atoms with Crippen LogP contribution in [0, 0.1) is 0 Å². The van der Waals surface area contributed by atoms with Crippen LogP contribution < -0.4 is 0 Å². The molecule has 2 heterocycles. The first-order chi connectivity index (χ1) is 9.69. The third kappa shape index (κ3) is 2.07. The molecular weight excluding hydrogens is 258 g/mol. The van der Waals surface area contributed by atoms with Crippen molar-refractivity contribution in [1.82, 2.24) is 25.0 Å². The predicted octanol–water partition coefficient (Wildman–Crippen LogP) is 0.287. The molecule has 2 aromatic rings. The van der Waals surface area contributed by atoms with Crippen molar-refractivity contribution in [1.29, 1.82) is 0 Å². The fraction of sp³-hybridized carbons (Fsp3) is 0.308. The second-order valence-electron chi connectivity index (χ2n) is 4.52. The van der Waals surface area contributed by atoms with Gasteiger partial charge in [-0.3, -0.25) is 9.59 Å². The standard InChI is InChI=1S/C13H13N5O2/c1-2-17-8-18(7-11(17)19)13(20)12-14-9-5-3-4-6-10(9)15-16-12/h3-6H,2,7-8H2,1H3. The molecule has 102 valence electrons. The maximum absolute atomic E-state index is 12.3. The van der Waals surface area contributed by atoms with Gasteiger partial charge in [-0.2, -0.15) is 0 Å². The monoisotopic (exact) mass is 271 g/mol. The lowest BCUT2D eigenvalue weighted by atomic mass is 10.3. The molecule has 3 rings (SSSR count). The van der Waals surface area contributed by atoms with E-state index in [1.165, 1.54) is 4.90 Å². The molecule has 1 fully saturated rings. The third-order valence-corrected chi connectivity index (χ3v) is 3.24. The summed E-state index contributed by atoms with van der Waals surface area (Å²) in [4.78, 5) is 31.2. The molecule has 0 atom stereocenters. The van der Waals surface area contributed by atoms with Crippen LogP contribution in [0.1, 0.15) is 17.5 Å². The highest BCUT2D eigenvalue weighted by atomic mass is 16.2. The number of amides is 2. The molecule has 0 saturated carbocycles. The second kappa shape index (κ2) is 4.84. The molecule has 7 heteroatoms. The van der Waals surface area contributed by atoms with Gasteiger partial charge in [-0.15, -0.1) is 10.2 Å². The van der Waals surface area contributed by atoms with Crippen LogP contribution in [0.25, 0.3) is 11.0 Å². The summed E-state index contributed by atoms with van der Waals surface area (Å²) >= 11 is 0. The predicted molar refractivity (Wildman–Crippen MR) is 70.6 cm³/mol. The molecule has 0 unspecified atom stereocenters. The third-order valence-electron chi connectivity index (χ3n) is 3.24. The van der Waals surface area contributed by atoms with E-state index in [4.69, 9.17) is 0 Å². The topological polar surface area (TPSA) is 79.3 Å². The summed E-state index contributed by atoms with van der Waals surface area (Å²) in [6.07, 6.45) is 0. The second-order valence-corrected chi connectivity index (χ2v) is 4.52. The Kier molecular flexibility index (Phi) is 3.02. The molecule has 0 spiro atoms. The van der Waals surface area contributed by atoms with Gasteiger partial charge < -0.3 is 9.80 Å². The molecule has 0 radical (unpaired) electrons. The van der Waals surface area contributed by atoms with E-state index >= 15 is 0 Å². The van der Waals surface area contributed by atoms with Gasteiger partial charge in [0.1, 0.15) is 12.1 Å². The fourth-order valence-corrected chi connectivity index (χ4v) is 2.12. The SMILES string of the molecule is CCN1CN(C(=O)c2nnc3ccccc3n2)CC1=O. The number of likely N-dealkylation sites (N-methyl/N-ethyl adjacent to an activating group) is 1. The Hall–Kier alpha value is -2.57. The first-order valence-corrected chi connectivity index (χ1v) is 6.35. The average Bonchev–Trinajstić information content (AvgIpc) is 2.87. The normalized spacial score (nSPS) is 15.2. The number of nitrogens with zero attached hydrogens (tertiary/aromatic N) is 5. The molecule has 1 aliphatic heterocycles. The first-order valence-electron chi connectivity index (χ1n) is 6.35. The van der Waals surface area contributed by atoms with Crippen molar-refractivity contribution in [2.75, 3.05) is 19.8 Å². The first kappa shape index (κ1) is 12.5. The Balaban J connectivity index is 1.87. The molecule has 0 N–H and O–H groups in total. The Bertz CT molecular complexity index is 687. The smallest absolute Gasteiger partial charge is 0.295 e. The highest BCUT2D eigenvalue weighted by Crippen LogP contribution is 2.11. The summed E-state index contributed by atoms with van der Waals surface area (Å²) in [7, 11) is 0. The number of para-hydroxylation sites is 1. The summed E-state index contributed by atoms with van der Waals surface area (Å²) in [5.41, 5.74) is 1.25. The molecule has 0 bridgehead atoms. The summed E-state index contributed by atoms with van der Waals surface area (Å²) in [5.74, 6) is -0.406. The van der Waals surface area contributed by atoms with Gasteiger partial charge in [0.05, 0.1) is 12.2 Å². The van der Waals surface area contributed by atoms with E-state index in [9.17, 15) is 9.59 Å². The fourth-order valence-electron chi connectivity index (χ4n) is 2.12. The Morgan fingerprint density at radius 3 is 2.70 bits per heavy atom. The Morgan fingerprint density at radius 2 is 2.00 bits per heavy atom. The van der Waals surface area contributed by atoms with E-state index < -0.39 is 0 Å². The Labute approximate surface area is 115 Å². The minimum Gasteiger partial charge on any atom is -0.324 e. The number of aromatic nitrogens is 3. The number of carbonyl (C=O) groups is 2. The van der Waals surface area contributed by atoms with Crippen molar-refractivity contribution in [3.8, 4) is 0 Å². The zero-order chi connectivity index (χ0) is 14.1. The zero-order valence-corrected chi connectivity index (χ0v) is 11.0. The van der Waals surface area contributed by atoms with Gasteiger partial charge in [-0.05, 0) is 19.1 Å². The van der Waals surface area contributed by atoms with Crippen LogP contribution in [0.2, 0.25) is 0 Å². The van der Waals surface area contributed by atoms with Gasteiger partial charge in [0.15, 0.2) is 0 Å². The van der Waals surface area contributed by atoms with Crippen LogP contribution in [0.3, 0.4) is 0 Å². The summed E-state index contributed by atoms with van der Waals surface area (Å²) < 4.78 is 0. The number of fused-ring (bicyclic) bond motifs is 1. The van der Waals surface area contributed by atoms with Gasteiger partial charge in [0.2, 0.25) is 11.7 Å². The van der Waals surface area contributed by atoms with E-state index in [1.54, 1.807) is 17.0 Å². The Morgan fingerprint density at radius 1 is 1.25 bits per heavy atom. The van der Waals surface area contributed by atoms with E-state index in [1.807, 2.05) is 19.1 Å². The maximum atomic E-state index is 12.3. The quantitative estimate of drug-likeness (QED) is 0.784. The zero-order valence-electron chi connectivity index (χ0n) is 11.0. The molecule has 1 aromatic heterocycles. The minimum absolute atomic E-state index is 0.0226. The van der Waals surface area contributed by atoms with Crippen LogP contribution in [0.15, 0.2) is 24.3 Å². The molecule has 20 heavy (non-hydrogen) atoms. The summed E-state index contributed by atoms with van der Waals surface area (Å²) in [6, 6.07) is 7.21. The van der Waals surface area contributed by atoms with Crippen LogP contribution in [-0.2, 0) is 4.79 Å². The van der Waals surface area contributed by atoms with Gasteiger partial charge in [0, 0.05) is 6.54 Å². The number of hydrogen-bond acceptors (Lipinski definition) is 5.